The Morgan fingerprint density at radius 2 is 2.26 bits per heavy atom. The van der Waals surface area contributed by atoms with E-state index in [9.17, 15) is 4.79 Å². The molecule has 0 spiro atoms. The van der Waals surface area contributed by atoms with Gasteiger partial charge in [0.1, 0.15) is 5.82 Å². The van der Waals surface area contributed by atoms with Crippen LogP contribution in [-0.2, 0) is 0 Å². The van der Waals surface area contributed by atoms with Gasteiger partial charge in [-0.1, -0.05) is 6.07 Å². The van der Waals surface area contributed by atoms with Crippen molar-refractivity contribution in [1.29, 1.82) is 0 Å². The van der Waals surface area contributed by atoms with Gasteiger partial charge in [0.2, 0.25) is 0 Å². The summed E-state index contributed by atoms with van der Waals surface area (Å²) in [6.07, 6.45) is 7.06. The summed E-state index contributed by atoms with van der Waals surface area (Å²) >= 11 is 0. The summed E-state index contributed by atoms with van der Waals surface area (Å²) in [5, 5.41) is 6.43. The van der Waals surface area contributed by atoms with Crippen molar-refractivity contribution < 1.29 is 4.79 Å². The molecule has 0 saturated carbocycles. The molecule has 1 atom stereocenters. The average Bonchev–Trinajstić information content (AvgIpc) is 2.62. The van der Waals surface area contributed by atoms with Gasteiger partial charge in [-0.3, -0.25) is 9.78 Å². The van der Waals surface area contributed by atoms with E-state index >= 15 is 0 Å². The topological polar surface area (TPSA) is 70.2 Å². The fourth-order valence-corrected chi connectivity index (χ4v) is 2.82. The number of carbonyl (C=O) groups is 1. The molecule has 1 amide bonds. The minimum atomic E-state index is 0.0766. The van der Waals surface area contributed by atoms with Crippen LogP contribution in [0.3, 0.4) is 0 Å². The van der Waals surface area contributed by atoms with Crippen LogP contribution in [0.2, 0.25) is 0 Å². The zero-order valence-electron chi connectivity index (χ0n) is 13.2. The van der Waals surface area contributed by atoms with Crippen LogP contribution in [0.15, 0.2) is 42.9 Å². The number of likely N-dealkylation sites (N-methyl/N-ethyl adjacent to an activating group) is 1. The highest BCUT2D eigenvalue weighted by molar-refractivity contribution is 5.95. The highest BCUT2D eigenvalue weighted by Gasteiger charge is 2.23. The lowest BCUT2D eigenvalue weighted by atomic mass is 10.0. The number of piperidine rings is 1. The molecular formula is C17H21N5O. The molecule has 2 aromatic rings. The maximum atomic E-state index is 12.7. The van der Waals surface area contributed by atoms with E-state index in [0.717, 1.165) is 31.6 Å². The first-order valence-electron chi connectivity index (χ1n) is 7.86. The zero-order valence-corrected chi connectivity index (χ0v) is 13.2. The van der Waals surface area contributed by atoms with Crippen LogP contribution < -0.4 is 10.6 Å². The Bertz CT molecular complexity index is 661. The highest BCUT2D eigenvalue weighted by atomic mass is 16.2. The van der Waals surface area contributed by atoms with E-state index in [1.54, 1.807) is 18.6 Å². The Morgan fingerprint density at radius 3 is 3.04 bits per heavy atom. The van der Waals surface area contributed by atoms with Crippen molar-refractivity contribution in [2.75, 3.05) is 25.5 Å². The van der Waals surface area contributed by atoms with E-state index in [4.69, 9.17) is 0 Å². The summed E-state index contributed by atoms with van der Waals surface area (Å²) in [6, 6.07) is 7.89. The highest BCUT2D eigenvalue weighted by Crippen LogP contribution is 2.18. The van der Waals surface area contributed by atoms with E-state index in [1.165, 1.54) is 0 Å². The minimum Gasteiger partial charge on any atom is -0.339 e. The molecule has 1 aliphatic rings. The second kappa shape index (κ2) is 7.19. The molecule has 2 N–H and O–H groups in total. The van der Waals surface area contributed by atoms with Gasteiger partial charge in [0.05, 0.1) is 6.20 Å². The molecular weight excluding hydrogens is 290 g/mol. The van der Waals surface area contributed by atoms with Crippen LogP contribution >= 0.6 is 0 Å². The summed E-state index contributed by atoms with van der Waals surface area (Å²) in [5.74, 6) is 0.734. The molecule has 120 valence electrons. The molecule has 0 radical (unpaired) electrons. The summed E-state index contributed by atoms with van der Waals surface area (Å²) in [4.78, 5) is 22.8. The number of benzene rings is 1. The predicted octanol–water partition coefficient (Wildman–Crippen LogP) is 2.04. The lowest BCUT2D eigenvalue weighted by molar-refractivity contribution is 0.0698. The van der Waals surface area contributed by atoms with Crippen molar-refractivity contribution in [2.24, 2.45) is 0 Å². The molecule has 0 aliphatic carbocycles. The predicted molar refractivity (Wildman–Crippen MR) is 89.7 cm³/mol. The zero-order chi connectivity index (χ0) is 16.1. The molecule has 0 unspecified atom stereocenters. The minimum absolute atomic E-state index is 0.0766. The molecule has 0 bridgehead atoms. The Labute approximate surface area is 135 Å². The number of nitrogens with one attached hydrogen (secondary N) is 2. The van der Waals surface area contributed by atoms with Crippen molar-refractivity contribution in [3.63, 3.8) is 0 Å². The third-order valence-corrected chi connectivity index (χ3v) is 4.06. The standard InChI is InChI=1S/C17H21N5O/c1-18-15-6-3-9-22(12-15)17(23)13-4-2-5-14(10-13)21-16-11-19-7-8-20-16/h2,4-5,7-8,10-11,15,18H,3,6,9,12H2,1H3,(H,20,21)/t15-/m1/s1. The molecule has 1 aromatic carbocycles. The van der Waals surface area contributed by atoms with Crippen LogP contribution in [0.1, 0.15) is 23.2 Å². The van der Waals surface area contributed by atoms with Crippen LogP contribution in [0.5, 0.6) is 0 Å². The maximum Gasteiger partial charge on any atom is 0.253 e. The van der Waals surface area contributed by atoms with Gasteiger partial charge in [-0.15, -0.1) is 0 Å². The Kier molecular flexibility index (Phi) is 4.83. The number of nitrogens with zero attached hydrogens (tertiary/aromatic N) is 3. The molecule has 6 nitrogen and oxygen atoms in total. The molecule has 6 heteroatoms. The second-order valence-corrected chi connectivity index (χ2v) is 5.68. The fraction of sp³-hybridized carbons (Fsp3) is 0.353. The monoisotopic (exact) mass is 311 g/mol. The molecule has 1 aliphatic heterocycles. The molecule has 23 heavy (non-hydrogen) atoms. The first-order valence-corrected chi connectivity index (χ1v) is 7.86. The third kappa shape index (κ3) is 3.84. The summed E-state index contributed by atoms with van der Waals surface area (Å²) in [7, 11) is 1.95. The molecule has 2 heterocycles. The number of hydrogen-bond acceptors (Lipinski definition) is 5. The lowest BCUT2D eigenvalue weighted by Gasteiger charge is -2.32. The summed E-state index contributed by atoms with van der Waals surface area (Å²) in [6.45, 7) is 1.58. The largest absolute Gasteiger partial charge is 0.339 e. The van der Waals surface area contributed by atoms with Gasteiger partial charge >= 0.3 is 0 Å². The Morgan fingerprint density at radius 1 is 1.35 bits per heavy atom. The smallest absolute Gasteiger partial charge is 0.253 e. The number of anilines is 2. The number of hydrogen-bond donors (Lipinski definition) is 2. The van der Waals surface area contributed by atoms with Crippen LogP contribution in [0, 0.1) is 0 Å². The van der Waals surface area contributed by atoms with Crippen molar-refractivity contribution in [3.8, 4) is 0 Å². The molecule has 3 rings (SSSR count). The maximum absolute atomic E-state index is 12.7. The van der Waals surface area contributed by atoms with Gasteiger partial charge in [0.25, 0.3) is 5.91 Å². The molecule has 1 saturated heterocycles. The van der Waals surface area contributed by atoms with Gasteiger partial charge in [-0.05, 0) is 38.1 Å². The number of rotatable bonds is 4. The van der Waals surface area contributed by atoms with Crippen LogP contribution in [-0.4, -0.2) is 47.0 Å². The molecule has 1 aromatic heterocycles. The summed E-state index contributed by atoms with van der Waals surface area (Å²) < 4.78 is 0. The number of carbonyl (C=O) groups excluding carboxylic acids is 1. The van der Waals surface area contributed by atoms with Crippen molar-refractivity contribution in [1.82, 2.24) is 20.2 Å². The molecule has 1 fully saturated rings. The average molecular weight is 311 g/mol. The van der Waals surface area contributed by atoms with E-state index in [1.807, 2.05) is 36.2 Å². The fourth-order valence-electron chi connectivity index (χ4n) is 2.82. The first-order chi connectivity index (χ1) is 11.3. The van der Waals surface area contributed by atoms with Crippen LogP contribution in [0.4, 0.5) is 11.5 Å². The second-order valence-electron chi connectivity index (χ2n) is 5.68. The van der Waals surface area contributed by atoms with Gasteiger partial charge in [-0.25, -0.2) is 4.98 Å². The quantitative estimate of drug-likeness (QED) is 0.904. The lowest BCUT2D eigenvalue weighted by Crippen LogP contribution is -2.46. The Balaban J connectivity index is 1.72. The van der Waals surface area contributed by atoms with E-state index in [-0.39, 0.29) is 5.91 Å². The van der Waals surface area contributed by atoms with Crippen molar-refractivity contribution >= 4 is 17.4 Å². The SMILES string of the molecule is CN[C@@H]1CCCN(C(=O)c2cccc(Nc3cnccn3)c2)C1. The summed E-state index contributed by atoms with van der Waals surface area (Å²) in [5.41, 5.74) is 1.52. The number of likely N-dealkylation sites (tertiary alicyclic amines) is 1. The van der Waals surface area contributed by atoms with E-state index in [0.29, 0.717) is 17.4 Å². The van der Waals surface area contributed by atoms with E-state index < -0.39 is 0 Å². The van der Waals surface area contributed by atoms with Crippen LogP contribution in [0.25, 0.3) is 0 Å². The third-order valence-electron chi connectivity index (χ3n) is 4.06. The normalized spacial score (nSPS) is 17.8. The van der Waals surface area contributed by atoms with Gasteiger partial charge in [0.15, 0.2) is 0 Å². The van der Waals surface area contributed by atoms with E-state index in [2.05, 4.69) is 20.6 Å². The van der Waals surface area contributed by atoms with Gasteiger partial charge in [-0.2, -0.15) is 0 Å². The van der Waals surface area contributed by atoms with Gasteiger partial charge < -0.3 is 15.5 Å². The number of aromatic nitrogens is 2. The first kappa shape index (κ1) is 15.4. The number of amides is 1. The Hall–Kier alpha value is -2.47. The van der Waals surface area contributed by atoms with Crippen molar-refractivity contribution in [2.45, 2.75) is 18.9 Å². The van der Waals surface area contributed by atoms with Crippen molar-refractivity contribution in [3.05, 3.63) is 48.4 Å². The van der Waals surface area contributed by atoms with Gasteiger partial charge in [0, 0.05) is 42.8 Å².